The number of carbonyl (C=O) groups is 2. The third kappa shape index (κ3) is 6.58. The van der Waals surface area contributed by atoms with E-state index in [4.69, 9.17) is 15.9 Å². The van der Waals surface area contributed by atoms with Gasteiger partial charge in [0.15, 0.2) is 13.2 Å². The van der Waals surface area contributed by atoms with E-state index in [1.54, 1.807) is 24.3 Å². The van der Waals surface area contributed by atoms with E-state index in [9.17, 15) is 22.8 Å². The van der Waals surface area contributed by atoms with Crippen molar-refractivity contribution in [3.8, 4) is 23.8 Å². The molecule has 1 aliphatic heterocycles. The van der Waals surface area contributed by atoms with Crippen molar-refractivity contribution in [1.29, 1.82) is 0 Å². The first kappa shape index (κ1) is 26.0. The second-order valence-corrected chi connectivity index (χ2v) is 8.82. The predicted molar refractivity (Wildman–Crippen MR) is 127 cm³/mol. The molecular formula is C26H25F3N4O4. The number of ether oxygens (including phenoxy) is 2. The van der Waals surface area contributed by atoms with Crippen LogP contribution in [-0.4, -0.2) is 43.3 Å². The second kappa shape index (κ2) is 10.9. The van der Waals surface area contributed by atoms with Crippen molar-refractivity contribution >= 4 is 11.8 Å². The van der Waals surface area contributed by atoms with Crippen LogP contribution in [0.5, 0.6) is 11.5 Å². The summed E-state index contributed by atoms with van der Waals surface area (Å²) in [5.74, 6) is 2.77. The zero-order valence-electron chi connectivity index (χ0n) is 19.8. The molecule has 0 bridgehead atoms. The predicted octanol–water partition coefficient (Wildman–Crippen LogP) is 3.85. The van der Waals surface area contributed by atoms with Gasteiger partial charge in [-0.15, -0.1) is 16.7 Å². The van der Waals surface area contributed by atoms with Crippen LogP contribution >= 0.6 is 0 Å². The van der Waals surface area contributed by atoms with E-state index in [2.05, 4.69) is 26.8 Å². The van der Waals surface area contributed by atoms with Crippen molar-refractivity contribution in [1.82, 2.24) is 10.6 Å². The van der Waals surface area contributed by atoms with Gasteiger partial charge in [0.25, 0.3) is 11.8 Å². The molecule has 2 aliphatic rings. The molecule has 8 nitrogen and oxygen atoms in total. The van der Waals surface area contributed by atoms with Gasteiger partial charge in [-0.3, -0.25) is 9.59 Å². The highest BCUT2D eigenvalue weighted by atomic mass is 19.4. The lowest BCUT2D eigenvalue weighted by Gasteiger charge is -2.29. The first-order valence-corrected chi connectivity index (χ1v) is 11.7. The molecular weight excluding hydrogens is 489 g/mol. The summed E-state index contributed by atoms with van der Waals surface area (Å²) in [6.45, 7) is -0.375. The van der Waals surface area contributed by atoms with Gasteiger partial charge in [0.1, 0.15) is 11.5 Å². The van der Waals surface area contributed by atoms with E-state index in [-0.39, 0.29) is 48.4 Å². The molecule has 0 spiro atoms. The normalized spacial score (nSPS) is 19.8. The number of rotatable bonds is 9. The Hall–Kier alpha value is -4.07. The number of halogens is 3. The fourth-order valence-electron chi connectivity index (χ4n) is 4.09. The zero-order chi connectivity index (χ0) is 26.5. The number of benzene rings is 2. The van der Waals surface area contributed by atoms with Crippen LogP contribution in [0.4, 0.5) is 13.2 Å². The maximum Gasteiger partial charge on any atom is 0.442 e. The second-order valence-electron chi connectivity index (χ2n) is 8.82. The van der Waals surface area contributed by atoms with Crippen LogP contribution in [0.15, 0.2) is 58.8 Å². The van der Waals surface area contributed by atoms with Gasteiger partial charge in [-0.2, -0.15) is 13.2 Å². The van der Waals surface area contributed by atoms with Crippen molar-refractivity contribution in [3.05, 3.63) is 59.7 Å². The Kier molecular flexibility index (Phi) is 7.66. The summed E-state index contributed by atoms with van der Waals surface area (Å²) in [7, 11) is 0. The Labute approximate surface area is 211 Å². The molecule has 0 radical (unpaired) electrons. The van der Waals surface area contributed by atoms with Crippen LogP contribution < -0.4 is 20.1 Å². The van der Waals surface area contributed by atoms with Crippen molar-refractivity contribution in [2.24, 2.45) is 10.2 Å². The van der Waals surface area contributed by atoms with Gasteiger partial charge < -0.3 is 20.1 Å². The molecule has 4 rings (SSSR count). The zero-order valence-corrected chi connectivity index (χ0v) is 19.8. The Morgan fingerprint density at radius 2 is 1.30 bits per heavy atom. The van der Waals surface area contributed by atoms with Gasteiger partial charge in [-0.1, -0.05) is 18.1 Å². The lowest BCUT2D eigenvalue weighted by atomic mass is 9.91. The molecule has 194 valence electrons. The number of hydrogen-bond acceptors (Lipinski definition) is 6. The van der Waals surface area contributed by atoms with Crippen molar-refractivity contribution in [3.63, 3.8) is 0 Å². The summed E-state index contributed by atoms with van der Waals surface area (Å²) in [5, 5.41) is 12.1. The van der Waals surface area contributed by atoms with E-state index >= 15 is 0 Å². The molecule has 37 heavy (non-hydrogen) atoms. The number of hydrogen-bond donors (Lipinski definition) is 2. The third-order valence-corrected chi connectivity index (χ3v) is 6.17. The first-order chi connectivity index (χ1) is 17.7. The van der Waals surface area contributed by atoms with Crippen LogP contribution in [-0.2, 0) is 15.3 Å². The van der Waals surface area contributed by atoms with Crippen molar-refractivity contribution < 1.29 is 32.2 Å². The molecule has 2 amide bonds. The number of alkyl halides is 3. The van der Waals surface area contributed by atoms with Crippen molar-refractivity contribution in [2.45, 2.75) is 49.6 Å². The molecule has 1 saturated carbocycles. The molecule has 0 aromatic heterocycles. The molecule has 2 N–H and O–H groups in total. The fraction of sp³-hybridized carbons (Fsp3) is 0.385. The summed E-state index contributed by atoms with van der Waals surface area (Å²) in [4.78, 5) is 24.5. The summed E-state index contributed by atoms with van der Waals surface area (Å²) >= 11 is 0. The number of carbonyl (C=O) groups excluding carboxylic acids is 2. The fourth-order valence-corrected chi connectivity index (χ4v) is 4.09. The van der Waals surface area contributed by atoms with Crippen LogP contribution in [0.1, 0.15) is 36.8 Å². The molecule has 0 saturated heterocycles. The largest absolute Gasteiger partial charge is 0.484 e. The highest BCUT2D eigenvalue weighted by Crippen LogP contribution is 2.52. The molecule has 11 heteroatoms. The van der Waals surface area contributed by atoms with Crippen molar-refractivity contribution in [2.75, 3.05) is 13.2 Å². The van der Waals surface area contributed by atoms with E-state index in [0.29, 0.717) is 31.4 Å². The minimum atomic E-state index is -4.60. The summed E-state index contributed by atoms with van der Waals surface area (Å²) < 4.78 is 50.1. The van der Waals surface area contributed by atoms with Crippen LogP contribution in [0.2, 0.25) is 0 Å². The summed E-state index contributed by atoms with van der Waals surface area (Å²) in [5.41, 5.74) is -1.86. The number of nitrogens with one attached hydrogen (secondary N) is 2. The SMILES string of the molecule is C#Cc1ccc(OCC(=O)NC2CCC(NC(=O)COc3ccc(C4(C(F)(F)F)N=N4)cc3)CC2)cc1. The number of terminal acetylenes is 1. The molecule has 1 heterocycles. The molecule has 2 aromatic carbocycles. The van der Waals surface area contributed by atoms with Gasteiger partial charge in [0, 0.05) is 23.2 Å². The first-order valence-electron chi connectivity index (χ1n) is 11.7. The van der Waals surface area contributed by atoms with Gasteiger partial charge in [0.05, 0.1) is 0 Å². The van der Waals surface area contributed by atoms with Crippen LogP contribution in [0, 0.1) is 12.3 Å². The lowest BCUT2D eigenvalue weighted by Crippen LogP contribution is -2.45. The van der Waals surface area contributed by atoms with E-state index < -0.39 is 11.8 Å². The van der Waals surface area contributed by atoms with Gasteiger partial charge >= 0.3 is 11.8 Å². The molecule has 0 unspecified atom stereocenters. The van der Waals surface area contributed by atoms with E-state index in [1.165, 1.54) is 24.3 Å². The molecule has 1 fully saturated rings. The average Bonchev–Trinajstić information content (AvgIpc) is 3.71. The maximum atomic E-state index is 13.1. The lowest BCUT2D eigenvalue weighted by molar-refractivity contribution is -0.166. The van der Waals surface area contributed by atoms with E-state index in [1.807, 2.05) is 0 Å². The van der Waals surface area contributed by atoms with Crippen LogP contribution in [0.25, 0.3) is 0 Å². The Morgan fingerprint density at radius 3 is 1.68 bits per heavy atom. The third-order valence-electron chi connectivity index (χ3n) is 6.17. The highest BCUT2D eigenvalue weighted by Gasteiger charge is 2.65. The molecule has 0 atom stereocenters. The van der Waals surface area contributed by atoms with Gasteiger partial charge in [0.2, 0.25) is 0 Å². The topological polar surface area (TPSA) is 101 Å². The number of nitrogens with zero attached hydrogens (tertiary/aromatic N) is 2. The number of amides is 2. The minimum Gasteiger partial charge on any atom is -0.484 e. The van der Waals surface area contributed by atoms with Gasteiger partial charge in [-0.05, 0) is 62.1 Å². The molecule has 2 aromatic rings. The quantitative estimate of drug-likeness (QED) is 0.497. The monoisotopic (exact) mass is 514 g/mol. The van der Waals surface area contributed by atoms with E-state index in [0.717, 1.165) is 5.56 Å². The Bertz CT molecular complexity index is 1180. The standard InChI is InChI=1S/C26H25F3N4O4/c1-2-17-3-11-21(12-4-17)36-15-23(34)30-19-7-9-20(10-8-19)31-24(35)16-37-22-13-5-18(6-14-22)25(32-33-25)26(27,28)29/h1,3-6,11-14,19-20H,7-10,15-16H2,(H,30,34)(H,31,35). The molecule has 1 aliphatic carbocycles. The minimum absolute atomic E-state index is 0.00670. The highest BCUT2D eigenvalue weighted by molar-refractivity contribution is 5.78. The Balaban J connectivity index is 1.12. The smallest absolute Gasteiger partial charge is 0.442 e. The van der Waals surface area contributed by atoms with Gasteiger partial charge in [-0.25, -0.2) is 0 Å². The Morgan fingerprint density at radius 1 is 0.865 bits per heavy atom. The summed E-state index contributed by atoms with van der Waals surface area (Å²) in [6.07, 6.45) is 3.49. The van der Waals surface area contributed by atoms with Crippen LogP contribution in [0.3, 0.4) is 0 Å². The maximum absolute atomic E-state index is 13.1. The summed E-state index contributed by atoms with van der Waals surface area (Å²) in [6, 6.07) is 12.0. The average molecular weight is 515 g/mol.